The molecule has 5 heteroatoms. The SMILES string of the molecule is CC(=O)Nc1ccc(SC[C@@H](O)COc2c(C)ccc(C)c2C)cc1. The topological polar surface area (TPSA) is 58.6 Å². The lowest BCUT2D eigenvalue weighted by atomic mass is 10.1. The van der Waals surface area contributed by atoms with E-state index in [-0.39, 0.29) is 12.5 Å². The highest BCUT2D eigenvalue weighted by molar-refractivity contribution is 7.99. The predicted octanol–water partition coefficient (Wildman–Crippen LogP) is 4.10. The van der Waals surface area contributed by atoms with E-state index in [1.165, 1.54) is 12.5 Å². The lowest BCUT2D eigenvalue weighted by Crippen LogP contribution is -2.20. The molecule has 2 N–H and O–H groups in total. The van der Waals surface area contributed by atoms with E-state index >= 15 is 0 Å². The smallest absolute Gasteiger partial charge is 0.221 e. The number of rotatable bonds is 7. The first kappa shape index (κ1) is 19.3. The fourth-order valence-electron chi connectivity index (χ4n) is 2.41. The van der Waals surface area contributed by atoms with Gasteiger partial charge >= 0.3 is 0 Å². The Labute approximate surface area is 153 Å². The van der Waals surface area contributed by atoms with Crippen LogP contribution in [0.15, 0.2) is 41.3 Å². The number of aryl methyl sites for hydroxylation is 2. The third-order valence-corrected chi connectivity index (χ3v) is 5.07. The molecule has 1 atom stereocenters. The van der Waals surface area contributed by atoms with Crippen LogP contribution in [0.5, 0.6) is 5.75 Å². The molecular weight excluding hydrogens is 334 g/mol. The molecule has 0 fully saturated rings. The van der Waals surface area contributed by atoms with E-state index in [1.807, 2.05) is 44.2 Å². The van der Waals surface area contributed by atoms with Gasteiger partial charge in [-0.1, -0.05) is 12.1 Å². The minimum absolute atomic E-state index is 0.0882. The highest BCUT2D eigenvalue weighted by Crippen LogP contribution is 2.26. The van der Waals surface area contributed by atoms with Crippen molar-refractivity contribution in [1.82, 2.24) is 0 Å². The molecule has 0 aromatic heterocycles. The molecule has 0 aliphatic heterocycles. The third-order valence-electron chi connectivity index (χ3n) is 3.91. The molecule has 0 saturated carbocycles. The van der Waals surface area contributed by atoms with Crippen LogP contribution < -0.4 is 10.1 Å². The van der Waals surface area contributed by atoms with E-state index < -0.39 is 6.10 Å². The van der Waals surface area contributed by atoms with Gasteiger partial charge in [-0.05, 0) is 61.7 Å². The third kappa shape index (κ3) is 5.80. The first-order chi connectivity index (χ1) is 11.9. The highest BCUT2D eigenvalue weighted by atomic mass is 32.2. The van der Waals surface area contributed by atoms with E-state index in [0.29, 0.717) is 5.75 Å². The van der Waals surface area contributed by atoms with E-state index in [0.717, 1.165) is 27.5 Å². The molecule has 0 unspecified atom stereocenters. The molecule has 25 heavy (non-hydrogen) atoms. The first-order valence-corrected chi connectivity index (χ1v) is 9.23. The van der Waals surface area contributed by atoms with E-state index in [9.17, 15) is 9.90 Å². The van der Waals surface area contributed by atoms with Crippen molar-refractivity contribution in [3.05, 3.63) is 53.1 Å². The van der Waals surface area contributed by atoms with E-state index in [2.05, 4.69) is 18.3 Å². The first-order valence-electron chi connectivity index (χ1n) is 8.25. The van der Waals surface area contributed by atoms with Crippen LogP contribution in [0.4, 0.5) is 5.69 Å². The number of amides is 1. The minimum Gasteiger partial charge on any atom is -0.490 e. The molecule has 0 radical (unpaired) electrons. The molecule has 2 aromatic carbocycles. The number of hydrogen-bond acceptors (Lipinski definition) is 4. The molecule has 4 nitrogen and oxygen atoms in total. The molecule has 1 amide bonds. The Kier molecular flexibility index (Phi) is 6.91. The summed E-state index contributed by atoms with van der Waals surface area (Å²) in [5, 5.41) is 12.9. The van der Waals surface area contributed by atoms with Crippen molar-refractivity contribution in [1.29, 1.82) is 0 Å². The number of carbonyl (C=O) groups is 1. The summed E-state index contributed by atoms with van der Waals surface area (Å²) in [6.45, 7) is 7.85. The molecule has 0 spiro atoms. The summed E-state index contributed by atoms with van der Waals surface area (Å²) in [6.07, 6.45) is -0.556. The van der Waals surface area contributed by atoms with Gasteiger partial charge in [0.05, 0.1) is 6.10 Å². The maximum atomic E-state index is 11.0. The van der Waals surface area contributed by atoms with Crippen LogP contribution in [0.25, 0.3) is 0 Å². The molecule has 134 valence electrons. The Morgan fingerprint density at radius 2 is 1.76 bits per heavy atom. The summed E-state index contributed by atoms with van der Waals surface area (Å²) in [6, 6.07) is 11.7. The average molecular weight is 359 g/mol. The number of carbonyl (C=O) groups excluding carboxylic acids is 1. The van der Waals surface area contributed by atoms with Gasteiger partial charge in [0.15, 0.2) is 0 Å². The second-order valence-electron chi connectivity index (χ2n) is 6.13. The summed E-state index contributed by atoms with van der Waals surface area (Å²) in [4.78, 5) is 12.0. The average Bonchev–Trinajstić information content (AvgIpc) is 2.57. The van der Waals surface area contributed by atoms with Crippen LogP contribution in [-0.4, -0.2) is 29.5 Å². The maximum absolute atomic E-state index is 11.0. The van der Waals surface area contributed by atoms with Crippen LogP contribution in [-0.2, 0) is 4.79 Å². The van der Waals surface area contributed by atoms with Crippen molar-refractivity contribution in [2.45, 2.75) is 38.7 Å². The van der Waals surface area contributed by atoms with Gasteiger partial charge in [0.25, 0.3) is 0 Å². The highest BCUT2D eigenvalue weighted by Gasteiger charge is 2.11. The molecule has 0 aliphatic carbocycles. The zero-order valence-electron chi connectivity index (χ0n) is 15.1. The Morgan fingerprint density at radius 1 is 1.12 bits per heavy atom. The van der Waals surface area contributed by atoms with Crippen molar-refractivity contribution >= 4 is 23.4 Å². The van der Waals surface area contributed by atoms with E-state index in [4.69, 9.17) is 4.74 Å². The molecule has 2 rings (SSSR count). The van der Waals surface area contributed by atoms with Crippen molar-refractivity contribution in [3.63, 3.8) is 0 Å². The van der Waals surface area contributed by atoms with Gasteiger partial charge < -0.3 is 15.2 Å². The van der Waals surface area contributed by atoms with Gasteiger partial charge in [0.2, 0.25) is 5.91 Å². The van der Waals surface area contributed by atoms with Crippen LogP contribution in [0.1, 0.15) is 23.6 Å². The predicted molar refractivity (Wildman–Crippen MR) is 104 cm³/mol. The lowest BCUT2D eigenvalue weighted by Gasteiger charge is -2.16. The Morgan fingerprint density at radius 3 is 2.40 bits per heavy atom. The Balaban J connectivity index is 1.84. The zero-order valence-corrected chi connectivity index (χ0v) is 15.9. The summed E-state index contributed by atoms with van der Waals surface area (Å²) in [5.74, 6) is 1.32. The fraction of sp³-hybridized carbons (Fsp3) is 0.350. The van der Waals surface area contributed by atoms with E-state index in [1.54, 1.807) is 11.8 Å². The molecule has 0 saturated heterocycles. The Hall–Kier alpha value is -1.98. The second-order valence-corrected chi connectivity index (χ2v) is 7.23. The summed E-state index contributed by atoms with van der Waals surface area (Å²) >= 11 is 1.56. The summed E-state index contributed by atoms with van der Waals surface area (Å²) in [5.41, 5.74) is 4.15. The molecular formula is C20H25NO3S. The molecule has 2 aromatic rings. The van der Waals surface area contributed by atoms with Crippen LogP contribution in [0.3, 0.4) is 0 Å². The zero-order chi connectivity index (χ0) is 18.4. The quantitative estimate of drug-likeness (QED) is 0.731. The van der Waals surface area contributed by atoms with Gasteiger partial charge in [0, 0.05) is 23.3 Å². The maximum Gasteiger partial charge on any atom is 0.221 e. The Bertz CT molecular complexity index is 728. The standard InChI is InChI=1S/C20H25NO3S/c1-13-5-6-14(2)20(15(13)3)24-11-18(23)12-25-19-9-7-17(8-10-19)21-16(4)22/h5-10,18,23H,11-12H2,1-4H3,(H,21,22)/t18-/m0/s1. The molecule has 0 heterocycles. The van der Waals surface area contributed by atoms with Crippen LogP contribution in [0, 0.1) is 20.8 Å². The fourth-order valence-corrected chi connectivity index (χ4v) is 3.22. The normalized spacial score (nSPS) is 11.9. The number of thioether (sulfide) groups is 1. The molecule has 0 bridgehead atoms. The minimum atomic E-state index is -0.556. The number of nitrogens with one attached hydrogen (secondary N) is 1. The van der Waals surface area contributed by atoms with Crippen molar-refractivity contribution in [2.75, 3.05) is 17.7 Å². The number of benzene rings is 2. The number of anilines is 1. The lowest BCUT2D eigenvalue weighted by molar-refractivity contribution is -0.114. The van der Waals surface area contributed by atoms with Crippen LogP contribution in [0.2, 0.25) is 0 Å². The van der Waals surface area contributed by atoms with Crippen molar-refractivity contribution in [3.8, 4) is 5.75 Å². The van der Waals surface area contributed by atoms with Gasteiger partial charge in [-0.2, -0.15) is 0 Å². The number of aliphatic hydroxyl groups excluding tert-OH is 1. The number of aliphatic hydroxyl groups is 1. The molecule has 0 aliphatic rings. The summed E-state index contributed by atoms with van der Waals surface area (Å²) < 4.78 is 5.85. The second kappa shape index (κ2) is 8.92. The largest absolute Gasteiger partial charge is 0.490 e. The van der Waals surface area contributed by atoms with Gasteiger partial charge in [0.1, 0.15) is 12.4 Å². The number of hydrogen-bond donors (Lipinski definition) is 2. The summed E-state index contributed by atoms with van der Waals surface area (Å²) in [7, 11) is 0. The van der Waals surface area contributed by atoms with Gasteiger partial charge in [-0.3, -0.25) is 4.79 Å². The number of ether oxygens (including phenoxy) is 1. The van der Waals surface area contributed by atoms with Gasteiger partial charge in [-0.25, -0.2) is 0 Å². The van der Waals surface area contributed by atoms with Gasteiger partial charge in [-0.15, -0.1) is 11.8 Å². The van der Waals surface area contributed by atoms with Crippen molar-refractivity contribution < 1.29 is 14.6 Å². The van der Waals surface area contributed by atoms with Crippen molar-refractivity contribution in [2.24, 2.45) is 0 Å². The van der Waals surface area contributed by atoms with Crippen LogP contribution >= 0.6 is 11.8 Å². The monoisotopic (exact) mass is 359 g/mol.